The number of nitrogens with zero attached hydrogens (tertiary/aromatic N) is 1. The molecule has 1 amide bonds. The SMILES string of the molecule is CN1C(=O)CCc2ccc(OCCN)cc21. The van der Waals surface area contributed by atoms with Crippen molar-refractivity contribution < 1.29 is 9.53 Å². The Bertz CT molecular complexity index is 404. The van der Waals surface area contributed by atoms with Gasteiger partial charge in [-0.25, -0.2) is 0 Å². The molecule has 1 aromatic carbocycles. The Hall–Kier alpha value is -1.55. The maximum Gasteiger partial charge on any atom is 0.227 e. The molecule has 2 N–H and O–H groups in total. The molecule has 0 radical (unpaired) electrons. The van der Waals surface area contributed by atoms with E-state index in [4.69, 9.17) is 10.5 Å². The summed E-state index contributed by atoms with van der Waals surface area (Å²) in [5.74, 6) is 0.925. The minimum atomic E-state index is 0.156. The van der Waals surface area contributed by atoms with Gasteiger partial charge in [0.05, 0.1) is 5.69 Å². The summed E-state index contributed by atoms with van der Waals surface area (Å²) in [7, 11) is 1.80. The summed E-state index contributed by atoms with van der Waals surface area (Å²) in [6.07, 6.45) is 1.40. The molecule has 0 unspecified atom stereocenters. The number of anilines is 1. The Balaban J connectivity index is 2.25. The third-order valence-corrected chi connectivity index (χ3v) is 2.79. The van der Waals surface area contributed by atoms with Crippen molar-refractivity contribution in [3.05, 3.63) is 23.8 Å². The van der Waals surface area contributed by atoms with E-state index in [9.17, 15) is 4.79 Å². The standard InChI is InChI=1S/C12H16N2O2/c1-14-11-8-10(16-7-6-13)4-2-9(11)3-5-12(14)15/h2,4,8H,3,5-7,13H2,1H3. The van der Waals surface area contributed by atoms with Crippen molar-refractivity contribution in [2.75, 3.05) is 25.1 Å². The number of nitrogens with two attached hydrogens (primary N) is 1. The van der Waals surface area contributed by atoms with Gasteiger partial charge in [0.15, 0.2) is 0 Å². The molecule has 0 aliphatic carbocycles. The van der Waals surface area contributed by atoms with Gasteiger partial charge in [-0.2, -0.15) is 0 Å². The third-order valence-electron chi connectivity index (χ3n) is 2.79. The molecular formula is C12H16N2O2. The molecule has 0 saturated heterocycles. The fourth-order valence-corrected chi connectivity index (χ4v) is 1.88. The molecule has 0 aromatic heterocycles. The Morgan fingerprint density at radius 2 is 2.25 bits per heavy atom. The van der Waals surface area contributed by atoms with Crippen LogP contribution in [0.5, 0.6) is 5.75 Å². The predicted octanol–water partition coefficient (Wildman–Crippen LogP) is 0.933. The molecule has 1 aromatic rings. The van der Waals surface area contributed by atoms with Gasteiger partial charge in [-0.1, -0.05) is 6.07 Å². The second kappa shape index (κ2) is 4.53. The quantitative estimate of drug-likeness (QED) is 0.824. The van der Waals surface area contributed by atoms with E-state index < -0.39 is 0 Å². The molecule has 16 heavy (non-hydrogen) atoms. The van der Waals surface area contributed by atoms with Crippen molar-refractivity contribution in [2.24, 2.45) is 5.73 Å². The Kier molecular flexibility index (Phi) is 3.10. The minimum absolute atomic E-state index is 0.156. The zero-order chi connectivity index (χ0) is 11.5. The number of hydrogen-bond donors (Lipinski definition) is 1. The minimum Gasteiger partial charge on any atom is -0.492 e. The van der Waals surface area contributed by atoms with Crippen molar-refractivity contribution in [1.82, 2.24) is 0 Å². The lowest BCUT2D eigenvalue weighted by Gasteiger charge is -2.26. The van der Waals surface area contributed by atoms with Crippen LogP contribution in [0, 0.1) is 0 Å². The number of fused-ring (bicyclic) bond motifs is 1. The van der Waals surface area contributed by atoms with Gasteiger partial charge in [0, 0.05) is 26.1 Å². The molecule has 0 atom stereocenters. The summed E-state index contributed by atoms with van der Waals surface area (Å²) in [4.78, 5) is 13.2. The molecule has 1 heterocycles. The largest absolute Gasteiger partial charge is 0.492 e. The zero-order valence-corrected chi connectivity index (χ0v) is 9.40. The lowest BCUT2D eigenvalue weighted by Crippen LogP contribution is -2.31. The first-order chi connectivity index (χ1) is 7.72. The van der Waals surface area contributed by atoms with E-state index in [2.05, 4.69) is 0 Å². The Labute approximate surface area is 95.0 Å². The van der Waals surface area contributed by atoms with Gasteiger partial charge in [-0.05, 0) is 18.1 Å². The molecule has 1 aliphatic heterocycles. The van der Waals surface area contributed by atoms with E-state index >= 15 is 0 Å². The smallest absolute Gasteiger partial charge is 0.227 e. The summed E-state index contributed by atoms with van der Waals surface area (Å²) >= 11 is 0. The van der Waals surface area contributed by atoms with Crippen LogP contribution in [0.15, 0.2) is 18.2 Å². The Morgan fingerprint density at radius 1 is 1.44 bits per heavy atom. The van der Waals surface area contributed by atoms with Crippen molar-refractivity contribution in [3.8, 4) is 5.75 Å². The van der Waals surface area contributed by atoms with Crippen molar-refractivity contribution in [2.45, 2.75) is 12.8 Å². The fourth-order valence-electron chi connectivity index (χ4n) is 1.88. The number of carbonyl (C=O) groups excluding carboxylic acids is 1. The van der Waals surface area contributed by atoms with E-state index in [-0.39, 0.29) is 5.91 Å². The van der Waals surface area contributed by atoms with Crippen molar-refractivity contribution >= 4 is 11.6 Å². The topological polar surface area (TPSA) is 55.6 Å². The molecule has 4 heteroatoms. The Morgan fingerprint density at radius 3 is 3.00 bits per heavy atom. The summed E-state index contributed by atoms with van der Waals surface area (Å²) in [6, 6.07) is 5.85. The highest BCUT2D eigenvalue weighted by atomic mass is 16.5. The maximum atomic E-state index is 11.5. The second-order valence-corrected chi connectivity index (χ2v) is 3.88. The van der Waals surface area contributed by atoms with Crippen LogP contribution < -0.4 is 15.4 Å². The van der Waals surface area contributed by atoms with Gasteiger partial charge >= 0.3 is 0 Å². The van der Waals surface area contributed by atoms with Crippen molar-refractivity contribution in [3.63, 3.8) is 0 Å². The molecule has 1 aliphatic rings. The molecule has 86 valence electrons. The lowest BCUT2D eigenvalue weighted by atomic mass is 10.0. The average molecular weight is 220 g/mol. The van der Waals surface area contributed by atoms with Crippen LogP contribution in [-0.2, 0) is 11.2 Å². The molecule has 4 nitrogen and oxygen atoms in total. The fraction of sp³-hybridized carbons (Fsp3) is 0.417. The monoisotopic (exact) mass is 220 g/mol. The van der Waals surface area contributed by atoms with Crippen molar-refractivity contribution in [1.29, 1.82) is 0 Å². The van der Waals surface area contributed by atoms with Crippen LogP contribution >= 0.6 is 0 Å². The average Bonchev–Trinajstić information content (AvgIpc) is 2.31. The second-order valence-electron chi connectivity index (χ2n) is 3.88. The third kappa shape index (κ3) is 2.02. The van der Waals surface area contributed by atoms with E-state index in [0.29, 0.717) is 19.6 Å². The van der Waals surface area contributed by atoms with Crippen LogP contribution in [0.3, 0.4) is 0 Å². The van der Waals surface area contributed by atoms with Crippen LogP contribution in [-0.4, -0.2) is 26.1 Å². The highest BCUT2D eigenvalue weighted by molar-refractivity contribution is 5.96. The number of ether oxygens (including phenoxy) is 1. The molecule has 0 bridgehead atoms. The lowest BCUT2D eigenvalue weighted by molar-refractivity contribution is -0.118. The number of benzene rings is 1. The summed E-state index contributed by atoms with van der Waals surface area (Å²) in [5, 5.41) is 0. The highest BCUT2D eigenvalue weighted by Gasteiger charge is 2.20. The molecule has 0 spiro atoms. The van der Waals surface area contributed by atoms with Gasteiger partial charge in [0.25, 0.3) is 0 Å². The number of amides is 1. The normalized spacial score (nSPS) is 14.9. The predicted molar refractivity (Wildman–Crippen MR) is 62.7 cm³/mol. The van der Waals surface area contributed by atoms with Gasteiger partial charge in [-0.15, -0.1) is 0 Å². The first-order valence-corrected chi connectivity index (χ1v) is 5.44. The van der Waals surface area contributed by atoms with Crippen LogP contribution in [0.4, 0.5) is 5.69 Å². The summed E-state index contributed by atoms with van der Waals surface area (Å²) in [5.41, 5.74) is 7.52. The number of carbonyl (C=O) groups is 1. The number of aryl methyl sites for hydroxylation is 1. The number of hydrogen-bond acceptors (Lipinski definition) is 3. The molecule has 2 rings (SSSR count). The number of rotatable bonds is 3. The van der Waals surface area contributed by atoms with Gasteiger partial charge in [0.1, 0.15) is 12.4 Å². The van der Waals surface area contributed by atoms with E-state index in [1.165, 1.54) is 5.56 Å². The van der Waals surface area contributed by atoms with E-state index in [0.717, 1.165) is 17.9 Å². The summed E-state index contributed by atoms with van der Waals surface area (Å²) < 4.78 is 5.44. The highest BCUT2D eigenvalue weighted by Crippen LogP contribution is 2.30. The van der Waals surface area contributed by atoms with Crippen LogP contribution in [0.1, 0.15) is 12.0 Å². The van der Waals surface area contributed by atoms with Crippen LogP contribution in [0.2, 0.25) is 0 Å². The first-order valence-electron chi connectivity index (χ1n) is 5.44. The summed E-state index contributed by atoms with van der Waals surface area (Å²) in [6.45, 7) is 0.988. The van der Waals surface area contributed by atoms with Gasteiger partial charge in [0.2, 0.25) is 5.91 Å². The van der Waals surface area contributed by atoms with Crippen LogP contribution in [0.25, 0.3) is 0 Å². The zero-order valence-electron chi connectivity index (χ0n) is 9.40. The molecular weight excluding hydrogens is 204 g/mol. The van der Waals surface area contributed by atoms with E-state index in [1.807, 2.05) is 18.2 Å². The first kappa shape index (κ1) is 11.0. The van der Waals surface area contributed by atoms with Gasteiger partial charge in [-0.3, -0.25) is 4.79 Å². The maximum absolute atomic E-state index is 11.5. The molecule has 0 saturated carbocycles. The van der Waals surface area contributed by atoms with E-state index in [1.54, 1.807) is 11.9 Å². The van der Waals surface area contributed by atoms with Gasteiger partial charge < -0.3 is 15.4 Å². The molecule has 0 fully saturated rings.